The summed E-state index contributed by atoms with van der Waals surface area (Å²) in [5.41, 5.74) is 8.14. The SMILES string of the molecule is Nc1ccccc1CCCN1CCNCC1. The molecule has 1 heterocycles. The van der Waals surface area contributed by atoms with E-state index < -0.39 is 0 Å². The molecule has 0 bridgehead atoms. The van der Waals surface area contributed by atoms with Gasteiger partial charge in [0.1, 0.15) is 0 Å². The first-order valence-corrected chi connectivity index (χ1v) is 6.13. The third-order valence-electron chi connectivity index (χ3n) is 3.19. The van der Waals surface area contributed by atoms with Gasteiger partial charge in [0.05, 0.1) is 0 Å². The van der Waals surface area contributed by atoms with E-state index in [1.54, 1.807) is 0 Å². The Hall–Kier alpha value is -1.06. The molecule has 0 aliphatic carbocycles. The zero-order valence-electron chi connectivity index (χ0n) is 9.78. The third-order valence-corrected chi connectivity index (χ3v) is 3.19. The number of nitrogen functional groups attached to an aromatic ring is 1. The molecule has 0 atom stereocenters. The van der Waals surface area contributed by atoms with Crippen LogP contribution in [0.5, 0.6) is 0 Å². The summed E-state index contributed by atoms with van der Waals surface area (Å²) in [6.45, 7) is 5.82. The van der Waals surface area contributed by atoms with E-state index in [1.165, 1.54) is 31.6 Å². The summed E-state index contributed by atoms with van der Waals surface area (Å²) in [5, 5.41) is 3.37. The number of anilines is 1. The lowest BCUT2D eigenvalue weighted by Gasteiger charge is -2.27. The summed E-state index contributed by atoms with van der Waals surface area (Å²) < 4.78 is 0. The molecule has 0 unspecified atom stereocenters. The summed E-state index contributed by atoms with van der Waals surface area (Å²) in [6, 6.07) is 8.18. The lowest BCUT2D eigenvalue weighted by molar-refractivity contribution is 0.238. The first kappa shape index (κ1) is 11.4. The Labute approximate surface area is 97.6 Å². The van der Waals surface area contributed by atoms with Crippen LogP contribution in [0, 0.1) is 0 Å². The molecular formula is C13H21N3. The maximum Gasteiger partial charge on any atom is 0.0346 e. The van der Waals surface area contributed by atoms with Gasteiger partial charge in [-0.25, -0.2) is 0 Å². The van der Waals surface area contributed by atoms with Crippen LogP contribution in [-0.4, -0.2) is 37.6 Å². The number of benzene rings is 1. The number of para-hydroxylation sites is 1. The number of nitrogens with one attached hydrogen (secondary N) is 1. The number of piperazine rings is 1. The van der Waals surface area contributed by atoms with Crippen LogP contribution in [0.15, 0.2) is 24.3 Å². The Balaban J connectivity index is 1.73. The van der Waals surface area contributed by atoms with Crippen molar-refractivity contribution >= 4 is 5.69 Å². The molecule has 1 aliphatic rings. The van der Waals surface area contributed by atoms with Gasteiger partial charge in [0.2, 0.25) is 0 Å². The standard InChI is InChI=1S/C13H21N3/c14-13-6-2-1-4-12(13)5-3-9-16-10-7-15-8-11-16/h1-2,4,6,15H,3,5,7-11,14H2. The Morgan fingerprint density at radius 3 is 2.69 bits per heavy atom. The summed E-state index contributed by atoms with van der Waals surface area (Å²) >= 11 is 0. The molecule has 0 aromatic heterocycles. The molecule has 0 radical (unpaired) electrons. The Kier molecular flexibility index (Phi) is 4.19. The highest BCUT2D eigenvalue weighted by Gasteiger charge is 2.08. The maximum absolute atomic E-state index is 5.92. The Morgan fingerprint density at radius 1 is 1.19 bits per heavy atom. The molecule has 1 aliphatic heterocycles. The molecule has 1 saturated heterocycles. The van der Waals surface area contributed by atoms with Gasteiger partial charge in [-0.15, -0.1) is 0 Å². The van der Waals surface area contributed by atoms with E-state index >= 15 is 0 Å². The molecule has 0 amide bonds. The van der Waals surface area contributed by atoms with Crippen molar-refractivity contribution < 1.29 is 0 Å². The second kappa shape index (κ2) is 5.87. The van der Waals surface area contributed by atoms with Crippen LogP contribution >= 0.6 is 0 Å². The monoisotopic (exact) mass is 219 g/mol. The minimum absolute atomic E-state index is 0.933. The second-order valence-electron chi connectivity index (χ2n) is 4.39. The van der Waals surface area contributed by atoms with Crippen LogP contribution in [0.1, 0.15) is 12.0 Å². The fourth-order valence-corrected chi connectivity index (χ4v) is 2.19. The highest BCUT2D eigenvalue weighted by Crippen LogP contribution is 2.12. The van der Waals surface area contributed by atoms with Gasteiger partial charge in [-0.2, -0.15) is 0 Å². The lowest BCUT2D eigenvalue weighted by Crippen LogP contribution is -2.43. The van der Waals surface area contributed by atoms with Crippen molar-refractivity contribution in [2.24, 2.45) is 0 Å². The van der Waals surface area contributed by atoms with E-state index in [0.717, 1.165) is 25.2 Å². The molecule has 0 spiro atoms. The van der Waals surface area contributed by atoms with Crippen molar-refractivity contribution in [2.75, 3.05) is 38.5 Å². The van der Waals surface area contributed by atoms with Gasteiger partial charge in [0, 0.05) is 31.9 Å². The van der Waals surface area contributed by atoms with E-state index in [4.69, 9.17) is 5.73 Å². The van der Waals surface area contributed by atoms with Crippen molar-refractivity contribution in [3.63, 3.8) is 0 Å². The normalized spacial score (nSPS) is 17.5. The van der Waals surface area contributed by atoms with Gasteiger partial charge in [0.25, 0.3) is 0 Å². The molecule has 2 rings (SSSR count). The number of aryl methyl sites for hydroxylation is 1. The van der Waals surface area contributed by atoms with E-state index in [9.17, 15) is 0 Å². The van der Waals surface area contributed by atoms with Gasteiger partial charge >= 0.3 is 0 Å². The van der Waals surface area contributed by atoms with Crippen LogP contribution in [0.2, 0.25) is 0 Å². The van der Waals surface area contributed by atoms with Crippen LogP contribution in [0.3, 0.4) is 0 Å². The van der Waals surface area contributed by atoms with Crippen molar-refractivity contribution in [1.82, 2.24) is 10.2 Å². The van der Waals surface area contributed by atoms with Crippen molar-refractivity contribution in [1.29, 1.82) is 0 Å². The highest BCUT2D eigenvalue weighted by atomic mass is 15.2. The summed E-state index contributed by atoms with van der Waals surface area (Å²) in [7, 11) is 0. The topological polar surface area (TPSA) is 41.3 Å². The number of nitrogens with two attached hydrogens (primary N) is 1. The first-order valence-electron chi connectivity index (χ1n) is 6.13. The zero-order chi connectivity index (χ0) is 11.2. The first-order chi connectivity index (χ1) is 7.86. The Bertz CT molecular complexity index is 319. The molecule has 88 valence electrons. The maximum atomic E-state index is 5.92. The van der Waals surface area contributed by atoms with Crippen molar-refractivity contribution in [3.8, 4) is 0 Å². The molecule has 3 nitrogen and oxygen atoms in total. The van der Waals surface area contributed by atoms with Crippen LogP contribution in [-0.2, 0) is 6.42 Å². The van der Waals surface area contributed by atoms with Gasteiger partial charge in [-0.3, -0.25) is 0 Å². The highest BCUT2D eigenvalue weighted by molar-refractivity contribution is 5.46. The number of nitrogens with zero attached hydrogens (tertiary/aromatic N) is 1. The molecule has 0 saturated carbocycles. The van der Waals surface area contributed by atoms with Crippen LogP contribution < -0.4 is 11.1 Å². The largest absolute Gasteiger partial charge is 0.399 e. The fourth-order valence-electron chi connectivity index (χ4n) is 2.19. The van der Waals surface area contributed by atoms with Crippen LogP contribution in [0.4, 0.5) is 5.69 Å². The second-order valence-corrected chi connectivity index (χ2v) is 4.39. The smallest absolute Gasteiger partial charge is 0.0346 e. The third kappa shape index (κ3) is 3.22. The van der Waals surface area contributed by atoms with E-state index in [-0.39, 0.29) is 0 Å². The molecule has 1 fully saturated rings. The van der Waals surface area contributed by atoms with Gasteiger partial charge in [-0.05, 0) is 31.0 Å². The summed E-state index contributed by atoms with van der Waals surface area (Å²) in [4.78, 5) is 2.52. The molecule has 3 N–H and O–H groups in total. The zero-order valence-corrected chi connectivity index (χ0v) is 9.78. The number of hydrogen-bond acceptors (Lipinski definition) is 3. The minimum atomic E-state index is 0.933. The predicted octanol–water partition coefficient (Wildman–Crippen LogP) is 1.11. The molecule has 16 heavy (non-hydrogen) atoms. The molecule has 1 aromatic carbocycles. The quantitative estimate of drug-likeness (QED) is 0.745. The van der Waals surface area contributed by atoms with Gasteiger partial charge in [-0.1, -0.05) is 18.2 Å². The van der Waals surface area contributed by atoms with E-state index in [0.29, 0.717) is 0 Å². The molecular weight excluding hydrogens is 198 g/mol. The molecule has 1 aromatic rings. The van der Waals surface area contributed by atoms with E-state index in [1.807, 2.05) is 12.1 Å². The number of hydrogen-bond donors (Lipinski definition) is 2. The minimum Gasteiger partial charge on any atom is -0.399 e. The van der Waals surface area contributed by atoms with Gasteiger partial charge < -0.3 is 16.0 Å². The summed E-state index contributed by atoms with van der Waals surface area (Å²) in [6.07, 6.45) is 2.30. The predicted molar refractivity (Wildman–Crippen MR) is 68.5 cm³/mol. The van der Waals surface area contributed by atoms with E-state index in [2.05, 4.69) is 22.3 Å². The lowest BCUT2D eigenvalue weighted by atomic mass is 10.1. The summed E-state index contributed by atoms with van der Waals surface area (Å²) in [5.74, 6) is 0. The average Bonchev–Trinajstić information content (AvgIpc) is 2.33. The van der Waals surface area contributed by atoms with Crippen molar-refractivity contribution in [2.45, 2.75) is 12.8 Å². The van der Waals surface area contributed by atoms with Crippen molar-refractivity contribution in [3.05, 3.63) is 29.8 Å². The molecule has 3 heteroatoms. The fraction of sp³-hybridized carbons (Fsp3) is 0.538. The van der Waals surface area contributed by atoms with Gasteiger partial charge in [0.15, 0.2) is 0 Å². The number of rotatable bonds is 4. The average molecular weight is 219 g/mol. The van der Waals surface area contributed by atoms with Crippen LogP contribution in [0.25, 0.3) is 0 Å². The Morgan fingerprint density at radius 2 is 1.94 bits per heavy atom.